The largest absolute Gasteiger partial charge is 0.383 e. The molecule has 0 radical (unpaired) electrons. The molecule has 6 heteroatoms. The number of carbonyl (C=O) groups is 1. The number of halogens is 1. The minimum absolute atomic E-state index is 0.0710. The minimum atomic E-state index is -0.219. The van der Waals surface area contributed by atoms with Crippen molar-refractivity contribution in [1.29, 1.82) is 0 Å². The molecule has 2 N–H and O–H groups in total. The van der Waals surface area contributed by atoms with Crippen LogP contribution >= 0.6 is 11.6 Å². The van der Waals surface area contributed by atoms with Crippen LogP contribution in [0.2, 0.25) is 5.02 Å². The van der Waals surface area contributed by atoms with Gasteiger partial charge in [0.1, 0.15) is 5.69 Å². The summed E-state index contributed by atoms with van der Waals surface area (Å²) in [4.78, 5) is 11.4. The van der Waals surface area contributed by atoms with Gasteiger partial charge < -0.3 is 10.5 Å². The van der Waals surface area contributed by atoms with Crippen LogP contribution in [0.3, 0.4) is 0 Å². The van der Waals surface area contributed by atoms with Crippen LogP contribution in [0.1, 0.15) is 10.5 Å². The molecule has 0 aliphatic carbocycles. The average Bonchev–Trinajstić information content (AvgIpc) is 2.55. The first-order valence-electron chi connectivity index (χ1n) is 4.14. The van der Waals surface area contributed by atoms with E-state index >= 15 is 0 Å². The lowest BCUT2D eigenvalue weighted by atomic mass is 10.3. The number of nitrogens with two attached hydrogens (primary N) is 1. The van der Waals surface area contributed by atoms with E-state index in [-0.39, 0.29) is 12.3 Å². The smallest absolute Gasteiger partial charge is 0.195 e. The van der Waals surface area contributed by atoms with Gasteiger partial charge in [-0.1, -0.05) is 11.6 Å². The van der Waals surface area contributed by atoms with E-state index in [2.05, 4.69) is 5.10 Å². The van der Waals surface area contributed by atoms with Crippen LogP contribution in [-0.4, -0.2) is 35.8 Å². The van der Waals surface area contributed by atoms with Crippen molar-refractivity contribution in [1.82, 2.24) is 9.78 Å². The van der Waals surface area contributed by atoms with Gasteiger partial charge >= 0.3 is 0 Å². The molecular weight excluding hydrogens is 206 g/mol. The maximum atomic E-state index is 11.4. The van der Waals surface area contributed by atoms with Crippen molar-refractivity contribution in [2.75, 3.05) is 20.3 Å². The third kappa shape index (κ3) is 2.31. The molecule has 5 nitrogen and oxygen atoms in total. The van der Waals surface area contributed by atoms with Crippen LogP contribution < -0.4 is 5.73 Å². The number of aromatic nitrogens is 2. The van der Waals surface area contributed by atoms with Crippen molar-refractivity contribution >= 4 is 17.4 Å². The molecule has 0 aliphatic heterocycles. The minimum Gasteiger partial charge on any atom is -0.383 e. The Balaban J connectivity index is 2.88. The number of methoxy groups -OCH3 is 1. The molecule has 1 aromatic heterocycles. The van der Waals surface area contributed by atoms with E-state index in [0.29, 0.717) is 23.9 Å². The van der Waals surface area contributed by atoms with Crippen LogP contribution in [0.15, 0.2) is 6.20 Å². The van der Waals surface area contributed by atoms with E-state index < -0.39 is 0 Å². The van der Waals surface area contributed by atoms with Gasteiger partial charge in [-0.05, 0) is 0 Å². The van der Waals surface area contributed by atoms with E-state index in [9.17, 15) is 4.79 Å². The fourth-order valence-electron chi connectivity index (χ4n) is 1.08. The molecule has 0 saturated heterocycles. The number of rotatable bonds is 5. The van der Waals surface area contributed by atoms with Crippen LogP contribution in [0.5, 0.6) is 0 Å². The van der Waals surface area contributed by atoms with Gasteiger partial charge in [0.15, 0.2) is 5.78 Å². The summed E-state index contributed by atoms with van der Waals surface area (Å²) in [6, 6.07) is 0. The zero-order chi connectivity index (χ0) is 10.6. The first kappa shape index (κ1) is 11.2. The lowest BCUT2D eigenvalue weighted by molar-refractivity contribution is 0.0987. The average molecular weight is 218 g/mol. The SMILES string of the molecule is COCCn1ncc(Cl)c1C(=O)CN. The molecule has 1 heterocycles. The Hall–Kier alpha value is -0.910. The zero-order valence-electron chi connectivity index (χ0n) is 7.86. The second-order valence-electron chi connectivity index (χ2n) is 2.68. The number of Topliss-reactive ketones (excluding diaryl/α,β-unsaturated/α-hetero) is 1. The van der Waals surface area contributed by atoms with E-state index in [0.717, 1.165) is 0 Å². The molecule has 1 rings (SSSR count). The highest BCUT2D eigenvalue weighted by atomic mass is 35.5. The topological polar surface area (TPSA) is 70.1 Å². The van der Waals surface area contributed by atoms with Crippen molar-refractivity contribution in [2.45, 2.75) is 6.54 Å². The Morgan fingerprint density at radius 3 is 3.07 bits per heavy atom. The Labute approximate surface area is 86.8 Å². The van der Waals surface area contributed by atoms with Crippen molar-refractivity contribution in [3.05, 3.63) is 16.9 Å². The van der Waals surface area contributed by atoms with Gasteiger partial charge in [-0.2, -0.15) is 5.10 Å². The highest BCUT2D eigenvalue weighted by molar-refractivity contribution is 6.33. The molecule has 0 atom stereocenters. The molecule has 0 bridgehead atoms. The molecule has 0 aromatic carbocycles. The summed E-state index contributed by atoms with van der Waals surface area (Å²) in [5, 5.41) is 4.28. The highest BCUT2D eigenvalue weighted by Crippen LogP contribution is 2.15. The molecule has 0 saturated carbocycles. The maximum absolute atomic E-state index is 11.4. The van der Waals surface area contributed by atoms with Gasteiger partial charge in [0, 0.05) is 7.11 Å². The number of nitrogens with zero attached hydrogens (tertiary/aromatic N) is 2. The van der Waals surface area contributed by atoms with Gasteiger partial charge in [0.05, 0.1) is 30.9 Å². The van der Waals surface area contributed by atoms with Crippen LogP contribution in [-0.2, 0) is 11.3 Å². The van der Waals surface area contributed by atoms with Crippen LogP contribution in [0.25, 0.3) is 0 Å². The third-order valence-corrected chi connectivity index (χ3v) is 2.03. The van der Waals surface area contributed by atoms with Gasteiger partial charge in [-0.15, -0.1) is 0 Å². The highest BCUT2D eigenvalue weighted by Gasteiger charge is 2.15. The molecule has 14 heavy (non-hydrogen) atoms. The summed E-state index contributed by atoms with van der Waals surface area (Å²) in [5.74, 6) is -0.219. The van der Waals surface area contributed by atoms with E-state index in [4.69, 9.17) is 22.1 Å². The number of hydrogen-bond acceptors (Lipinski definition) is 4. The lowest BCUT2D eigenvalue weighted by Crippen LogP contribution is -2.20. The number of ketones is 1. The summed E-state index contributed by atoms with van der Waals surface area (Å²) in [7, 11) is 1.58. The Morgan fingerprint density at radius 1 is 1.79 bits per heavy atom. The van der Waals surface area contributed by atoms with Crippen molar-refractivity contribution in [3.63, 3.8) is 0 Å². The van der Waals surface area contributed by atoms with Crippen molar-refractivity contribution in [2.24, 2.45) is 5.73 Å². The normalized spacial score (nSPS) is 10.5. The van der Waals surface area contributed by atoms with Crippen molar-refractivity contribution in [3.8, 4) is 0 Å². The molecule has 0 spiro atoms. The molecule has 1 aromatic rings. The van der Waals surface area contributed by atoms with Gasteiger partial charge in [-0.3, -0.25) is 9.48 Å². The molecule has 0 unspecified atom stereocenters. The van der Waals surface area contributed by atoms with Gasteiger partial charge in [0.2, 0.25) is 0 Å². The van der Waals surface area contributed by atoms with Crippen LogP contribution in [0, 0.1) is 0 Å². The predicted octanol–water partition coefficient (Wildman–Crippen LogP) is 0.324. The summed E-state index contributed by atoms with van der Waals surface area (Å²) < 4.78 is 6.38. The number of carbonyl (C=O) groups excluding carboxylic acids is 1. The standard InChI is InChI=1S/C8H12ClN3O2/c1-14-3-2-12-8(7(13)4-10)6(9)5-11-12/h5H,2-4,10H2,1H3. The molecule has 78 valence electrons. The summed E-state index contributed by atoms with van der Waals surface area (Å²) in [6.07, 6.45) is 1.43. The Kier molecular flexibility index (Phi) is 4.06. The summed E-state index contributed by atoms with van der Waals surface area (Å²) in [6.45, 7) is 0.894. The summed E-state index contributed by atoms with van der Waals surface area (Å²) in [5.41, 5.74) is 5.60. The van der Waals surface area contributed by atoms with E-state index in [1.807, 2.05) is 0 Å². The molecule has 0 fully saturated rings. The van der Waals surface area contributed by atoms with E-state index in [1.165, 1.54) is 10.9 Å². The first-order valence-corrected chi connectivity index (χ1v) is 4.52. The first-order chi connectivity index (χ1) is 6.70. The second-order valence-corrected chi connectivity index (χ2v) is 3.09. The fourth-order valence-corrected chi connectivity index (χ4v) is 1.33. The maximum Gasteiger partial charge on any atom is 0.195 e. The Bertz CT molecular complexity index is 324. The zero-order valence-corrected chi connectivity index (χ0v) is 8.62. The van der Waals surface area contributed by atoms with Crippen molar-refractivity contribution < 1.29 is 9.53 Å². The monoisotopic (exact) mass is 217 g/mol. The molecule has 0 amide bonds. The van der Waals surface area contributed by atoms with Gasteiger partial charge in [-0.25, -0.2) is 0 Å². The molecular formula is C8H12ClN3O2. The number of hydrogen-bond donors (Lipinski definition) is 1. The fraction of sp³-hybridized carbons (Fsp3) is 0.500. The second kappa shape index (κ2) is 5.09. The lowest BCUT2D eigenvalue weighted by Gasteiger charge is -2.04. The van der Waals surface area contributed by atoms with Gasteiger partial charge in [0.25, 0.3) is 0 Å². The molecule has 0 aliphatic rings. The quantitative estimate of drug-likeness (QED) is 0.722. The Morgan fingerprint density at radius 2 is 2.50 bits per heavy atom. The predicted molar refractivity (Wildman–Crippen MR) is 52.5 cm³/mol. The van der Waals surface area contributed by atoms with E-state index in [1.54, 1.807) is 7.11 Å². The number of ether oxygens (including phenoxy) is 1. The third-order valence-electron chi connectivity index (χ3n) is 1.75. The van der Waals surface area contributed by atoms with Crippen LogP contribution in [0.4, 0.5) is 0 Å². The summed E-state index contributed by atoms with van der Waals surface area (Å²) >= 11 is 5.80.